The number of aliphatic hydroxyl groups is 1. The number of carbonyl (C=O) groups excluding carboxylic acids is 1. The van der Waals surface area contributed by atoms with E-state index in [-0.39, 0.29) is 29.0 Å². The van der Waals surface area contributed by atoms with Gasteiger partial charge in [-0.05, 0) is 55.9 Å². The lowest BCUT2D eigenvalue weighted by Gasteiger charge is -2.55. The molecule has 4 aliphatic rings. The molecule has 1 aromatic heterocycles. The Morgan fingerprint density at radius 1 is 1.26 bits per heavy atom. The minimum absolute atomic E-state index is 0.00149. The molecule has 6 rings (SSSR count). The Hall–Kier alpha value is -2.14. The highest BCUT2D eigenvalue weighted by molar-refractivity contribution is 5.74. The van der Waals surface area contributed by atoms with Crippen LogP contribution in [0.5, 0.6) is 0 Å². The summed E-state index contributed by atoms with van der Waals surface area (Å²) in [4.78, 5) is 15.9. The molecule has 0 saturated heterocycles. The molecule has 5 nitrogen and oxygen atoms in total. The molecule has 2 heterocycles. The van der Waals surface area contributed by atoms with Crippen molar-refractivity contribution in [1.29, 1.82) is 0 Å². The maximum Gasteiger partial charge on any atom is 0.217 e. The number of imidazole rings is 1. The van der Waals surface area contributed by atoms with E-state index in [9.17, 15) is 9.90 Å². The second kappa shape index (κ2) is 5.93. The molecule has 2 unspecified atom stereocenters. The van der Waals surface area contributed by atoms with Crippen molar-refractivity contribution in [3.8, 4) is 11.3 Å². The van der Waals surface area contributed by atoms with E-state index in [1.54, 1.807) is 6.92 Å². The van der Waals surface area contributed by atoms with Crippen LogP contribution < -0.4 is 5.32 Å². The molecule has 142 valence electrons. The largest absolute Gasteiger partial charge is 0.392 e. The molecule has 2 aromatic rings. The minimum Gasteiger partial charge on any atom is -0.392 e. The van der Waals surface area contributed by atoms with Crippen molar-refractivity contribution < 1.29 is 9.90 Å². The van der Waals surface area contributed by atoms with Gasteiger partial charge in [0.2, 0.25) is 5.91 Å². The summed E-state index contributed by atoms with van der Waals surface area (Å²) in [6, 6.07) is 8.64. The molecular formula is C22H27N3O2. The lowest BCUT2D eigenvalue weighted by molar-refractivity contribution is -0.125. The summed E-state index contributed by atoms with van der Waals surface area (Å²) in [7, 11) is 0. The molecule has 27 heavy (non-hydrogen) atoms. The summed E-state index contributed by atoms with van der Waals surface area (Å²) in [6.45, 7) is 1.61. The highest BCUT2D eigenvalue weighted by Crippen LogP contribution is 2.56. The fraction of sp³-hybridized carbons (Fsp3) is 0.545. The molecule has 2 atom stereocenters. The zero-order chi connectivity index (χ0) is 18.6. The van der Waals surface area contributed by atoms with Gasteiger partial charge in [0.05, 0.1) is 30.4 Å². The Balaban J connectivity index is 1.37. The van der Waals surface area contributed by atoms with E-state index < -0.39 is 0 Å². The monoisotopic (exact) mass is 365 g/mol. The maximum atomic E-state index is 11.6. The maximum absolute atomic E-state index is 11.6. The lowest BCUT2D eigenvalue weighted by atomic mass is 9.54. The van der Waals surface area contributed by atoms with Gasteiger partial charge in [0.15, 0.2) is 0 Å². The van der Waals surface area contributed by atoms with E-state index in [0.29, 0.717) is 0 Å². The molecule has 2 N–H and O–H groups in total. The first-order valence-electron chi connectivity index (χ1n) is 10.1. The van der Waals surface area contributed by atoms with Crippen LogP contribution in [0.3, 0.4) is 0 Å². The van der Waals surface area contributed by atoms with Crippen LogP contribution in [0.1, 0.15) is 63.5 Å². The van der Waals surface area contributed by atoms with Crippen molar-refractivity contribution in [2.24, 2.45) is 5.41 Å². The third-order valence-electron chi connectivity index (χ3n) is 7.50. The molecule has 1 aromatic carbocycles. The van der Waals surface area contributed by atoms with Gasteiger partial charge in [-0.1, -0.05) is 24.3 Å². The molecular weight excluding hydrogens is 338 g/mol. The number of rotatable bonds is 4. The first kappa shape index (κ1) is 17.0. The van der Waals surface area contributed by atoms with Crippen molar-refractivity contribution in [2.45, 2.75) is 69.6 Å². The van der Waals surface area contributed by atoms with Crippen LogP contribution >= 0.6 is 0 Å². The van der Waals surface area contributed by atoms with E-state index in [1.165, 1.54) is 11.1 Å². The molecule has 2 bridgehead atoms. The Labute approximate surface area is 159 Å². The highest BCUT2D eigenvalue weighted by atomic mass is 16.3. The number of fused-ring (bicyclic) bond motifs is 6. The number of benzene rings is 1. The second-order valence-electron chi connectivity index (χ2n) is 8.86. The van der Waals surface area contributed by atoms with Crippen molar-refractivity contribution in [2.75, 3.05) is 0 Å². The van der Waals surface area contributed by atoms with Gasteiger partial charge in [-0.2, -0.15) is 0 Å². The van der Waals surface area contributed by atoms with E-state index in [2.05, 4.69) is 39.1 Å². The van der Waals surface area contributed by atoms with Crippen molar-refractivity contribution >= 4 is 5.91 Å². The van der Waals surface area contributed by atoms with E-state index in [0.717, 1.165) is 50.6 Å². The quantitative estimate of drug-likeness (QED) is 0.872. The molecule has 5 heteroatoms. The first-order valence-corrected chi connectivity index (χ1v) is 10.1. The fourth-order valence-electron chi connectivity index (χ4n) is 5.91. The van der Waals surface area contributed by atoms with Crippen molar-refractivity contribution in [3.05, 3.63) is 42.4 Å². The van der Waals surface area contributed by atoms with Crippen LogP contribution in [0.25, 0.3) is 11.3 Å². The number of hydrogen-bond acceptors (Lipinski definition) is 3. The number of carbonyl (C=O) groups is 1. The van der Waals surface area contributed by atoms with Gasteiger partial charge in [0, 0.05) is 18.0 Å². The van der Waals surface area contributed by atoms with E-state index in [1.807, 2.05) is 12.5 Å². The number of amides is 1. The van der Waals surface area contributed by atoms with E-state index >= 15 is 0 Å². The summed E-state index contributed by atoms with van der Waals surface area (Å²) >= 11 is 0. The molecule has 3 fully saturated rings. The fourth-order valence-corrected chi connectivity index (χ4v) is 5.91. The van der Waals surface area contributed by atoms with Gasteiger partial charge in [-0.15, -0.1) is 0 Å². The Morgan fingerprint density at radius 2 is 1.96 bits per heavy atom. The predicted octanol–water partition coefficient (Wildman–Crippen LogP) is 3.43. The van der Waals surface area contributed by atoms with Gasteiger partial charge < -0.3 is 15.0 Å². The number of hydrogen-bond donors (Lipinski definition) is 2. The molecule has 3 saturated carbocycles. The number of aliphatic hydroxyl groups excluding tert-OH is 1. The lowest BCUT2D eigenvalue weighted by Crippen LogP contribution is -2.58. The van der Waals surface area contributed by atoms with Gasteiger partial charge in [0.25, 0.3) is 0 Å². The Bertz CT molecular complexity index is 863. The van der Waals surface area contributed by atoms with Gasteiger partial charge in [-0.25, -0.2) is 4.98 Å². The van der Waals surface area contributed by atoms with Crippen LogP contribution in [0.2, 0.25) is 0 Å². The zero-order valence-electron chi connectivity index (χ0n) is 15.8. The standard InChI is InChI=1S/C22H27N3O2/c1-15(26)24-22-9-6-21(7-10-22,8-11-22)20(27)12-18-16-4-2-3-5-17(16)19-13-23-14-25(18)19/h2-5,13-14,18,20,27H,6-12H2,1H3,(H,24,26). The van der Waals surface area contributed by atoms with Crippen molar-refractivity contribution in [3.63, 3.8) is 0 Å². The average molecular weight is 365 g/mol. The number of nitrogens with one attached hydrogen (secondary N) is 1. The summed E-state index contributed by atoms with van der Waals surface area (Å²) in [5.74, 6) is 0.0696. The zero-order valence-corrected chi connectivity index (χ0v) is 15.8. The summed E-state index contributed by atoms with van der Waals surface area (Å²) in [5, 5.41) is 14.5. The van der Waals surface area contributed by atoms with Crippen LogP contribution in [0.15, 0.2) is 36.8 Å². The first-order chi connectivity index (χ1) is 13.0. The van der Waals surface area contributed by atoms with Gasteiger partial charge >= 0.3 is 0 Å². The molecule has 0 radical (unpaired) electrons. The topological polar surface area (TPSA) is 67.2 Å². The van der Waals surface area contributed by atoms with E-state index in [4.69, 9.17) is 0 Å². The predicted molar refractivity (Wildman–Crippen MR) is 103 cm³/mol. The molecule has 1 amide bonds. The molecule has 3 aliphatic carbocycles. The molecule has 1 aliphatic heterocycles. The highest BCUT2D eigenvalue weighted by Gasteiger charge is 2.52. The number of nitrogens with zero attached hydrogens (tertiary/aromatic N) is 2. The van der Waals surface area contributed by atoms with Crippen LogP contribution in [0.4, 0.5) is 0 Å². The second-order valence-corrected chi connectivity index (χ2v) is 8.86. The van der Waals surface area contributed by atoms with Crippen LogP contribution in [0, 0.1) is 5.41 Å². The smallest absolute Gasteiger partial charge is 0.217 e. The Morgan fingerprint density at radius 3 is 2.67 bits per heavy atom. The SMILES string of the molecule is CC(=O)NC12CCC(C(O)CC3c4ccccc4-c4cncn43)(CC1)CC2. The van der Waals surface area contributed by atoms with Gasteiger partial charge in [-0.3, -0.25) is 4.79 Å². The third-order valence-corrected chi connectivity index (χ3v) is 7.50. The summed E-state index contributed by atoms with van der Waals surface area (Å²) < 4.78 is 2.22. The third kappa shape index (κ3) is 2.55. The van der Waals surface area contributed by atoms with Gasteiger partial charge in [0.1, 0.15) is 0 Å². The summed E-state index contributed by atoms with van der Waals surface area (Å²) in [6.07, 6.45) is 10.2. The minimum atomic E-state index is -0.334. The van der Waals surface area contributed by atoms with Crippen molar-refractivity contribution in [1.82, 2.24) is 14.9 Å². The normalized spacial score (nSPS) is 32.0. The van der Waals surface area contributed by atoms with Crippen LogP contribution in [-0.4, -0.2) is 32.2 Å². The number of aromatic nitrogens is 2. The van der Waals surface area contributed by atoms with Crippen LogP contribution in [-0.2, 0) is 4.79 Å². The Kier molecular flexibility index (Phi) is 3.73. The average Bonchev–Trinajstić information content (AvgIpc) is 3.25. The summed E-state index contributed by atoms with van der Waals surface area (Å²) in [5.41, 5.74) is 3.66. The molecule has 0 spiro atoms.